The average Bonchev–Trinajstić information content (AvgIpc) is 3.10. The van der Waals surface area contributed by atoms with E-state index in [-0.39, 0.29) is 5.91 Å². The number of hydrogen-bond acceptors (Lipinski definition) is 3. The van der Waals surface area contributed by atoms with E-state index in [1.165, 1.54) is 0 Å². The highest BCUT2D eigenvalue weighted by Crippen LogP contribution is 2.58. The Balaban J connectivity index is 1.68. The van der Waals surface area contributed by atoms with Crippen molar-refractivity contribution in [3.05, 3.63) is 48.0 Å². The Kier molecular flexibility index (Phi) is 2.58. The van der Waals surface area contributed by atoms with Crippen molar-refractivity contribution in [1.29, 1.82) is 0 Å². The van der Waals surface area contributed by atoms with Crippen molar-refractivity contribution in [2.75, 3.05) is 6.54 Å². The van der Waals surface area contributed by atoms with Gasteiger partial charge in [0.25, 0.3) is 0 Å². The number of likely N-dealkylation sites (tertiary alicyclic amines) is 1. The normalized spacial score (nSPS) is 38.6. The van der Waals surface area contributed by atoms with Gasteiger partial charge < -0.3 is 14.7 Å². The molecule has 22 heavy (non-hydrogen) atoms. The second kappa shape index (κ2) is 4.20. The fourth-order valence-electron chi connectivity index (χ4n) is 4.11. The van der Waals surface area contributed by atoms with Crippen LogP contribution in [0.4, 0.5) is 0 Å². The Labute approximate surface area is 128 Å². The maximum Gasteiger partial charge on any atom is 0.313 e. The first-order valence-corrected chi connectivity index (χ1v) is 7.41. The van der Waals surface area contributed by atoms with Crippen molar-refractivity contribution in [1.82, 2.24) is 4.90 Å². The SMILES string of the molecule is C[C@]1(C(=O)O)[C@@H]2C=C[C@@]3(CN(Cc4ccccc4)C(=O)[C@@H]13)O2. The number of fused-ring (bicyclic) bond motifs is 1. The third-order valence-electron chi connectivity index (χ3n) is 5.25. The Morgan fingerprint density at radius 2 is 2.14 bits per heavy atom. The van der Waals surface area contributed by atoms with Crippen LogP contribution in [0.15, 0.2) is 42.5 Å². The predicted octanol–water partition coefficient (Wildman–Crippen LogP) is 1.44. The molecule has 0 aliphatic carbocycles. The zero-order chi connectivity index (χ0) is 15.5. The Morgan fingerprint density at radius 1 is 1.41 bits per heavy atom. The van der Waals surface area contributed by atoms with Crippen LogP contribution in [0.1, 0.15) is 12.5 Å². The number of carboxylic acid groups (broad SMARTS) is 1. The first-order valence-electron chi connectivity index (χ1n) is 7.41. The molecule has 1 aromatic rings. The molecule has 5 nitrogen and oxygen atoms in total. The van der Waals surface area contributed by atoms with E-state index < -0.39 is 29.0 Å². The highest BCUT2D eigenvalue weighted by molar-refractivity contribution is 5.93. The second-order valence-electron chi connectivity index (χ2n) is 6.55. The van der Waals surface area contributed by atoms with Crippen molar-refractivity contribution in [3.63, 3.8) is 0 Å². The predicted molar refractivity (Wildman–Crippen MR) is 77.8 cm³/mol. The molecule has 0 unspecified atom stereocenters. The van der Waals surface area contributed by atoms with Gasteiger partial charge in [-0.1, -0.05) is 42.5 Å². The molecular weight excluding hydrogens is 282 g/mol. The molecule has 3 aliphatic rings. The molecule has 2 bridgehead atoms. The number of carbonyl (C=O) groups excluding carboxylic acids is 1. The van der Waals surface area contributed by atoms with Gasteiger partial charge in [-0.15, -0.1) is 0 Å². The zero-order valence-corrected chi connectivity index (χ0v) is 12.2. The molecule has 2 saturated heterocycles. The summed E-state index contributed by atoms with van der Waals surface area (Å²) in [6, 6.07) is 9.71. The van der Waals surface area contributed by atoms with Crippen LogP contribution in [0, 0.1) is 11.3 Å². The van der Waals surface area contributed by atoms with E-state index in [4.69, 9.17) is 4.74 Å². The molecule has 5 heteroatoms. The Hall–Kier alpha value is -2.14. The van der Waals surface area contributed by atoms with Crippen LogP contribution in [0.5, 0.6) is 0 Å². The number of nitrogens with zero attached hydrogens (tertiary/aromatic N) is 1. The number of hydrogen-bond donors (Lipinski definition) is 1. The van der Waals surface area contributed by atoms with Gasteiger partial charge in [-0.25, -0.2) is 0 Å². The number of rotatable bonds is 3. The van der Waals surface area contributed by atoms with Crippen LogP contribution < -0.4 is 0 Å². The summed E-state index contributed by atoms with van der Waals surface area (Å²) in [4.78, 5) is 26.3. The lowest BCUT2D eigenvalue weighted by molar-refractivity contribution is -0.156. The highest BCUT2D eigenvalue weighted by atomic mass is 16.5. The fourth-order valence-corrected chi connectivity index (χ4v) is 4.11. The molecule has 0 saturated carbocycles. The van der Waals surface area contributed by atoms with Crippen LogP contribution in [0.3, 0.4) is 0 Å². The molecule has 3 heterocycles. The van der Waals surface area contributed by atoms with Gasteiger partial charge in [-0.2, -0.15) is 0 Å². The quantitative estimate of drug-likeness (QED) is 0.858. The van der Waals surface area contributed by atoms with Crippen LogP contribution >= 0.6 is 0 Å². The van der Waals surface area contributed by atoms with E-state index in [9.17, 15) is 14.7 Å². The minimum Gasteiger partial charge on any atom is -0.481 e. The first kappa shape index (κ1) is 13.5. The van der Waals surface area contributed by atoms with Gasteiger partial charge >= 0.3 is 5.97 Å². The molecule has 4 rings (SSSR count). The summed E-state index contributed by atoms with van der Waals surface area (Å²) in [6.45, 7) is 2.52. The molecule has 1 spiro atoms. The molecule has 3 aliphatic heterocycles. The van der Waals surface area contributed by atoms with Gasteiger partial charge in [0.05, 0.1) is 18.6 Å². The largest absolute Gasteiger partial charge is 0.481 e. The second-order valence-corrected chi connectivity index (χ2v) is 6.55. The summed E-state index contributed by atoms with van der Waals surface area (Å²) in [5.74, 6) is -1.74. The Bertz CT molecular complexity index is 685. The summed E-state index contributed by atoms with van der Waals surface area (Å²) < 4.78 is 5.94. The maximum atomic E-state index is 12.8. The lowest BCUT2D eigenvalue weighted by Crippen LogP contribution is -2.47. The molecule has 114 valence electrons. The number of benzene rings is 1. The van der Waals surface area contributed by atoms with Gasteiger partial charge in [0.2, 0.25) is 5.91 Å². The third-order valence-corrected chi connectivity index (χ3v) is 5.25. The van der Waals surface area contributed by atoms with Gasteiger partial charge in [0, 0.05) is 6.54 Å². The molecule has 0 aromatic heterocycles. The lowest BCUT2D eigenvalue weighted by atomic mass is 9.66. The minimum atomic E-state index is -1.18. The van der Waals surface area contributed by atoms with Gasteiger partial charge in [0.15, 0.2) is 0 Å². The summed E-state index contributed by atoms with van der Waals surface area (Å²) in [7, 11) is 0. The van der Waals surface area contributed by atoms with Gasteiger partial charge in [-0.3, -0.25) is 9.59 Å². The van der Waals surface area contributed by atoms with E-state index in [0.29, 0.717) is 13.1 Å². The minimum absolute atomic E-state index is 0.124. The molecule has 2 fully saturated rings. The van der Waals surface area contributed by atoms with Crippen LogP contribution in [0.2, 0.25) is 0 Å². The maximum absolute atomic E-state index is 12.8. The van der Waals surface area contributed by atoms with Crippen molar-refractivity contribution in [3.8, 4) is 0 Å². The summed E-state index contributed by atoms with van der Waals surface area (Å²) >= 11 is 0. The number of aliphatic carboxylic acids is 1. The van der Waals surface area contributed by atoms with E-state index >= 15 is 0 Å². The molecule has 0 radical (unpaired) electrons. The molecule has 1 N–H and O–H groups in total. The van der Waals surface area contributed by atoms with Crippen LogP contribution in [-0.4, -0.2) is 40.1 Å². The van der Waals surface area contributed by atoms with E-state index in [1.807, 2.05) is 36.4 Å². The van der Waals surface area contributed by atoms with Gasteiger partial charge in [-0.05, 0) is 12.5 Å². The van der Waals surface area contributed by atoms with E-state index in [1.54, 1.807) is 17.9 Å². The molecular formula is C17H17NO4. The van der Waals surface area contributed by atoms with Crippen molar-refractivity contribution in [2.45, 2.75) is 25.2 Å². The van der Waals surface area contributed by atoms with Crippen molar-refractivity contribution >= 4 is 11.9 Å². The summed E-state index contributed by atoms with van der Waals surface area (Å²) in [5.41, 5.74) is -0.927. The number of ether oxygens (including phenoxy) is 1. The standard InChI is InChI=1S/C17H17NO4/c1-16(15(20)21)12-7-8-17(22-12)10-18(14(19)13(16)17)9-11-5-3-2-4-6-11/h2-8,12-13H,9-10H2,1H3,(H,20,21)/t12-,13-,16-,17-/m0/s1. The van der Waals surface area contributed by atoms with Crippen molar-refractivity contribution < 1.29 is 19.4 Å². The van der Waals surface area contributed by atoms with Crippen molar-refractivity contribution in [2.24, 2.45) is 11.3 Å². The molecule has 4 atom stereocenters. The average molecular weight is 299 g/mol. The first-order chi connectivity index (χ1) is 10.5. The lowest BCUT2D eigenvalue weighted by Gasteiger charge is -2.30. The summed E-state index contributed by atoms with van der Waals surface area (Å²) in [6.07, 6.45) is 3.16. The highest BCUT2D eigenvalue weighted by Gasteiger charge is 2.72. The monoisotopic (exact) mass is 299 g/mol. The molecule has 1 amide bonds. The Morgan fingerprint density at radius 3 is 2.82 bits per heavy atom. The zero-order valence-electron chi connectivity index (χ0n) is 12.2. The topological polar surface area (TPSA) is 66.8 Å². The van der Waals surface area contributed by atoms with Crippen LogP contribution in [0.25, 0.3) is 0 Å². The number of carboxylic acids is 1. The molecule has 1 aromatic carbocycles. The summed E-state index contributed by atoms with van der Waals surface area (Å²) in [5, 5.41) is 9.65. The van der Waals surface area contributed by atoms with Gasteiger partial charge in [0.1, 0.15) is 11.0 Å². The number of amides is 1. The number of carbonyl (C=O) groups is 2. The van der Waals surface area contributed by atoms with Crippen LogP contribution in [-0.2, 0) is 20.9 Å². The smallest absolute Gasteiger partial charge is 0.313 e. The third kappa shape index (κ3) is 1.52. The van der Waals surface area contributed by atoms with E-state index in [0.717, 1.165) is 5.56 Å². The van der Waals surface area contributed by atoms with E-state index in [2.05, 4.69) is 0 Å². The fraction of sp³-hybridized carbons (Fsp3) is 0.412.